The quantitative estimate of drug-likeness (QED) is 0.444. The van der Waals surface area contributed by atoms with E-state index in [1.165, 1.54) is 36.8 Å². The molecule has 0 radical (unpaired) electrons. The van der Waals surface area contributed by atoms with E-state index in [2.05, 4.69) is 59.0 Å². The van der Waals surface area contributed by atoms with E-state index in [1.807, 2.05) is 0 Å². The van der Waals surface area contributed by atoms with Crippen LogP contribution in [0.3, 0.4) is 0 Å². The molecule has 2 unspecified atom stereocenters. The average Bonchev–Trinajstić information content (AvgIpc) is 2.83. The fourth-order valence-electron chi connectivity index (χ4n) is 4.69. The van der Waals surface area contributed by atoms with E-state index >= 15 is 0 Å². The van der Waals surface area contributed by atoms with Crippen LogP contribution in [0.4, 0.5) is 0 Å². The van der Waals surface area contributed by atoms with Gasteiger partial charge in [0.05, 0.1) is 12.7 Å². The average molecular weight is 334 g/mol. The molecule has 0 spiro atoms. The number of fused-ring (bicyclic) bond motifs is 2. The second-order valence-corrected chi connectivity index (χ2v) is 9.04. The van der Waals surface area contributed by atoms with Gasteiger partial charge in [-0.3, -0.25) is 0 Å². The number of ether oxygens (including phenoxy) is 1. The van der Waals surface area contributed by atoms with Crippen molar-refractivity contribution in [2.24, 2.45) is 16.7 Å². The molecule has 2 fully saturated rings. The molecule has 0 heterocycles. The maximum Gasteiger partial charge on any atom is 0.0637 e. The van der Waals surface area contributed by atoms with Gasteiger partial charge in [0.1, 0.15) is 0 Å². The first-order valence-corrected chi connectivity index (χ1v) is 9.88. The van der Waals surface area contributed by atoms with E-state index in [-0.39, 0.29) is 0 Å². The zero-order valence-corrected chi connectivity index (χ0v) is 16.9. The van der Waals surface area contributed by atoms with Crippen LogP contribution in [0.25, 0.3) is 0 Å². The SMILES string of the molecule is CC(C)=CCC/C(C)=C/CNCCO[C@@H]1CC2CCC1(C)C2(C)C. The van der Waals surface area contributed by atoms with Gasteiger partial charge in [-0.15, -0.1) is 0 Å². The lowest BCUT2D eigenvalue weighted by Gasteiger charge is -2.38. The van der Waals surface area contributed by atoms with Crippen LogP contribution in [0.1, 0.15) is 73.6 Å². The van der Waals surface area contributed by atoms with E-state index in [4.69, 9.17) is 4.74 Å². The molecule has 2 aliphatic rings. The fourth-order valence-corrected chi connectivity index (χ4v) is 4.69. The van der Waals surface area contributed by atoms with Crippen LogP contribution >= 0.6 is 0 Å². The van der Waals surface area contributed by atoms with E-state index in [1.54, 1.807) is 0 Å². The van der Waals surface area contributed by atoms with Crippen LogP contribution in [-0.2, 0) is 4.74 Å². The van der Waals surface area contributed by atoms with Crippen molar-refractivity contribution >= 4 is 0 Å². The third-order valence-corrected chi connectivity index (χ3v) is 7.00. The molecule has 2 rings (SSSR count). The smallest absolute Gasteiger partial charge is 0.0637 e. The van der Waals surface area contributed by atoms with Gasteiger partial charge in [0.25, 0.3) is 0 Å². The Morgan fingerprint density at radius 2 is 1.92 bits per heavy atom. The highest BCUT2D eigenvalue weighted by atomic mass is 16.5. The van der Waals surface area contributed by atoms with Crippen molar-refractivity contribution in [1.29, 1.82) is 0 Å². The molecule has 2 nitrogen and oxygen atoms in total. The molecule has 2 saturated carbocycles. The Balaban J connectivity index is 1.60. The Morgan fingerprint density at radius 3 is 2.50 bits per heavy atom. The summed E-state index contributed by atoms with van der Waals surface area (Å²) in [5.74, 6) is 0.867. The van der Waals surface area contributed by atoms with Gasteiger partial charge in [0.2, 0.25) is 0 Å². The van der Waals surface area contributed by atoms with Crippen molar-refractivity contribution in [1.82, 2.24) is 5.32 Å². The van der Waals surface area contributed by atoms with Crippen LogP contribution < -0.4 is 5.32 Å². The maximum atomic E-state index is 6.28. The van der Waals surface area contributed by atoms with Crippen molar-refractivity contribution in [3.8, 4) is 0 Å². The minimum absolute atomic E-state index is 0.388. The lowest BCUT2D eigenvalue weighted by Crippen LogP contribution is -2.38. The van der Waals surface area contributed by atoms with Crippen molar-refractivity contribution < 1.29 is 4.74 Å². The van der Waals surface area contributed by atoms with E-state index in [0.717, 1.165) is 32.0 Å². The largest absolute Gasteiger partial charge is 0.376 e. The Morgan fingerprint density at radius 1 is 1.17 bits per heavy atom. The number of hydrogen-bond acceptors (Lipinski definition) is 2. The first-order chi connectivity index (χ1) is 11.3. The van der Waals surface area contributed by atoms with Crippen molar-refractivity contribution in [2.75, 3.05) is 19.7 Å². The summed E-state index contributed by atoms with van der Waals surface area (Å²) in [6.45, 7) is 16.7. The summed E-state index contributed by atoms with van der Waals surface area (Å²) in [6.07, 6.45) is 11.4. The highest BCUT2D eigenvalue weighted by molar-refractivity contribution is 5.11. The highest BCUT2D eigenvalue weighted by Crippen LogP contribution is 2.66. The summed E-state index contributed by atoms with van der Waals surface area (Å²) in [7, 11) is 0. The molecule has 1 N–H and O–H groups in total. The van der Waals surface area contributed by atoms with Crippen LogP contribution in [0.5, 0.6) is 0 Å². The Kier molecular flexibility index (Phi) is 6.73. The lowest BCUT2D eigenvalue weighted by atomic mass is 9.70. The predicted octanol–water partition coefficient (Wildman–Crippen LogP) is 5.50. The van der Waals surface area contributed by atoms with Gasteiger partial charge in [-0.05, 0) is 69.6 Å². The van der Waals surface area contributed by atoms with Crippen LogP contribution in [-0.4, -0.2) is 25.8 Å². The highest BCUT2D eigenvalue weighted by Gasteiger charge is 2.61. The number of nitrogens with one attached hydrogen (secondary N) is 1. The molecular weight excluding hydrogens is 294 g/mol. The van der Waals surface area contributed by atoms with E-state index < -0.39 is 0 Å². The van der Waals surface area contributed by atoms with Gasteiger partial charge < -0.3 is 10.1 Å². The van der Waals surface area contributed by atoms with Crippen molar-refractivity contribution in [2.45, 2.75) is 79.8 Å². The molecule has 0 aliphatic heterocycles. The molecule has 0 aromatic carbocycles. The predicted molar refractivity (Wildman–Crippen MR) is 104 cm³/mol. The van der Waals surface area contributed by atoms with Gasteiger partial charge in [-0.25, -0.2) is 0 Å². The normalized spacial score (nSPS) is 31.5. The van der Waals surface area contributed by atoms with Gasteiger partial charge in [-0.2, -0.15) is 0 Å². The number of allylic oxidation sites excluding steroid dienone is 3. The molecule has 138 valence electrons. The van der Waals surface area contributed by atoms with Gasteiger partial charge in [-0.1, -0.05) is 44.1 Å². The second-order valence-electron chi connectivity index (χ2n) is 9.04. The van der Waals surface area contributed by atoms with Gasteiger partial charge >= 0.3 is 0 Å². The first-order valence-electron chi connectivity index (χ1n) is 9.88. The molecule has 2 aliphatic carbocycles. The summed E-state index contributed by atoms with van der Waals surface area (Å²) in [6, 6.07) is 0. The van der Waals surface area contributed by atoms with Crippen molar-refractivity contribution in [3.63, 3.8) is 0 Å². The van der Waals surface area contributed by atoms with Crippen LogP contribution in [0.2, 0.25) is 0 Å². The van der Waals surface area contributed by atoms with Crippen LogP contribution in [0, 0.1) is 16.7 Å². The summed E-state index contributed by atoms with van der Waals surface area (Å²) in [5, 5.41) is 3.50. The molecule has 0 amide bonds. The zero-order chi connectivity index (χ0) is 17.8. The van der Waals surface area contributed by atoms with Gasteiger partial charge in [0, 0.05) is 13.1 Å². The summed E-state index contributed by atoms with van der Waals surface area (Å²) < 4.78 is 6.28. The first kappa shape index (κ1) is 19.7. The van der Waals surface area contributed by atoms with Crippen molar-refractivity contribution in [3.05, 3.63) is 23.3 Å². The van der Waals surface area contributed by atoms with Gasteiger partial charge in [0.15, 0.2) is 0 Å². The summed E-state index contributed by atoms with van der Waals surface area (Å²) in [4.78, 5) is 0. The zero-order valence-electron chi connectivity index (χ0n) is 16.9. The Hall–Kier alpha value is -0.600. The second kappa shape index (κ2) is 8.19. The maximum absolute atomic E-state index is 6.28. The Labute approximate surface area is 150 Å². The fraction of sp³-hybridized carbons (Fsp3) is 0.818. The van der Waals surface area contributed by atoms with E-state index in [0.29, 0.717) is 16.9 Å². The molecular formula is C22H39NO. The third kappa shape index (κ3) is 4.32. The molecule has 0 saturated heterocycles. The molecule has 2 heteroatoms. The standard InChI is InChI=1S/C22H39NO/c1-17(2)8-7-9-18(3)11-13-23-14-15-24-20-16-19-10-12-22(20,6)21(19,4)5/h8,11,19-20,23H,7,9-10,12-16H2,1-6H3/b18-11+/t19?,20-,22?/m1/s1. The minimum Gasteiger partial charge on any atom is -0.376 e. The molecule has 3 atom stereocenters. The minimum atomic E-state index is 0.388. The lowest BCUT2D eigenvalue weighted by molar-refractivity contribution is -0.0448. The summed E-state index contributed by atoms with van der Waals surface area (Å²) >= 11 is 0. The number of hydrogen-bond donors (Lipinski definition) is 1. The van der Waals surface area contributed by atoms with Crippen LogP contribution in [0.15, 0.2) is 23.3 Å². The topological polar surface area (TPSA) is 21.3 Å². The molecule has 0 aromatic heterocycles. The third-order valence-electron chi connectivity index (χ3n) is 7.00. The Bertz CT molecular complexity index is 472. The molecule has 2 bridgehead atoms. The monoisotopic (exact) mass is 333 g/mol. The molecule has 0 aromatic rings. The van der Waals surface area contributed by atoms with E-state index in [9.17, 15) is 0 Å². The molecule has 24 heavy (non-hydrogen) atoms. The number of rotatable bonds is 9. The summed E-state index contributed by atoms with van der Waals surface area (Å²) in [5.41, 5.74) is 3.73.